The van der Waals surface area contributed by atoms with E-state index in [2.05, 4.69) is 0 Å². The zero-order valence-electron chi connectivity index (χ0n) is 7.03. The summed E-state index contributed by atoms with van der Waals surface area (Å²) in [6.07, 6.45) is 3.58. The Hall–Kier alpha value is -1.03. The second-order valence-electron chi connectivity index (χ2n) is 2.63. The molecule has 0 N–H and O–H groups in total. The van der Waals surface area contributed by atoms with Gasteiger partial charge in [0.1, 0.15) is 0 Å². The molecule has 4 nitrogen and oxygen atoms in total. The molecule has 1 aromatic heterocycles. The minimum absolute atomic E-state index is 0.0644. The van der Waals surface area contributed by atoms with Gasteiger partial charge in [-0.05, 0) is 12.8 Å². The molecule has 0 amide bonds. The number of nitrogens with zero attached hydrogens (tertiary/aromatic N) is 1. The molecule has 0 bridgehead atoms. The van der Waals surface area contributed by atoms with Gasteiger partial charge in [-0.3, -0.25) is 10.1 Å². The van der Waals surface area contributed by atoms with Crippen LogP contribution in [0.15, 0.2) is 16.7 Å². The predicted molar refractivity (Wildman–Crippen MR) is 49.0 cm³/mol. The molecule has 13 heavy (non-hydrogen) atoms. The highest BCUT2D eigenvalue weighted by Gasteiger charge is 2.15. The van der Waals surface area contributed by atoms with Gasteiger partial charge in [0.05, 0.1) is 17.3 Å². The summed E-state index contributed by atoms with van der Waals surface area (Å²) in [4.78, 5) is 10.0. The fraction of sp³-hybridized carbons (Fsp3) is 0.500. The van der Waals surface area contributed by atoms with E-state index in [4.69, 9.17) is 16.0 Å². The van der Waals surface area contributed by atoms with Crippen LogP contribution in [-0.4, -0.2) is 10.8 Å². The summed E-state index contributed by atoms with van der Waals surface area (Å²) in [6.45, 7) is 0. The average Bonchev–Trinajstić information content (AvgIpc) is 2.53. The van der Waals surface area contributed by atoms with E-state index in [1.807, 2.05) is 0 Å². The molecule has 0 aliphatic heterocycles. The monoisotopic (exact) mass is 203 g/mol. The lowest BCUT2D eigenvalue weighted by molar-refractivity contribution is -0.386. The normalized spacial score (nSPS) is 10.2. The molecule has 0 radical (unpaired) electrons. The Morgan fingerprint density at radius 3 is 2.92 bits per heavy atom. The number of hydrogen-bond acceptors (Lipinski definition) is 3. The highest BCUT2D eigenvalue weighted by Crippen LogP contribution is 2.21. The Balaban J connectivity index is 2.55. The van der Waals surface area contributed by atoms with Crippen LogP contribution < -0.4 is 0 Å². The van der Waals surface area contributed by atoms with Crippen molar-refractivity contribution in [1.82, 2.24) is 0 Å². The molecular formula is C8H10ClNO3. The highest BCUT2D eigenvalue weighted by molar-refractivity contribution is 6.17. The van der Waals surface area contributed by atoms with Crippen LogP contribution >= 0.6 is 11.6 Å². The van der Waals surface area contributed by atoms with Gasteiger partial charge >= 0.3 is 5.69 Å². The van der Waals surface area contributed by atoms with Crippen molar-refractivity contribution < 1.29 is 9.34 Å². The number of alkyl halides is 1. The van der Waals surface area contributed by atoms with Crippen LogP contribution in [0.4, 0.5) is 5.69 Å². The molecule has 0 aliphatic carbocycles. The van der Waals surface area contributed by atoms with E-state index in [0.717, 1.165) is 12.8 Å². The first-order valence-electron chi connectivity index (χ1n) is 4.02. The topological polar surface area (TPSA) is 56.3 Å². The van der Waals surface area contributed by atoms with Gasteiger partial charge in [0, 0.05) is 12.3 Å². The number of unbranched alkanes of at least 4 members (excludes halogenated alkanes) is 1. The van der Waals surface area contributed by atoms with Gasteiger partial charge in [0.15, 0.2) is 5.76 Å². The van der Waals surface area contributed by atoms with E-state index < -0.39 is 4.92 Å². The van der Waals surface area contributed by atoms with Crippen LogP contribution in [0.2, 0.25) is 0 Å². The second kappa shape index (κ2) is 4.87. The fourth-order valence-electron chi connectivity index (χ4n) is 1.06. The number of furan rings is 1. The Labute approximate surface area is 80.6 Å². The van der Waals surface area contributed by atoms with Crippen LogP contribution in [-0.2, 0) is 6.42 Å². The molecule has 0 spiro atoms. The first-order valence-corrected chi connectivity index (χ1v) is 4.56. The summed E-state index contributed by atoms with van der Waals surface area (Å²) < 4.78 is 4.99. The van der Waals surface area contributed by atoms with Crippen molar-refractivity contribution in [2.45, 2.75) is 19.3 Å². The maximum Gasteiger partial charge on any atom is 0.310 e. The van der Waals surface area contributed by atoms with Crippen LogP contribution in [0.25, 0.3) is 0 Å². The van der Waals surface area contributed by atoms with Crippen molar-refractivity contribution in [3.63, 3.8) is 0 Å². The van der Waals surface area contributed by atoms with E-state index >= 15 is 0 Å². The van der Waals surface area contributed by atoms with Crippen molar-refractivity contribution in [3.8, 4) is 0 Å². The second-order valence-corrected chi connectivity index (χ2v) is 3.01. The van der Waals surface area contributed by atoms with E-state index in [0.29, 0.717) is 18.1 Å². The molecule has 0 aromatic carbocycles. The molecule has 1 heterocycles. The number of rotatable bonds is 5. The Kier molecular flexibility index (Phi) is 3.76. The Morgan fingerprint density at radius 2 is 2.31 bits per heavy atom. The maximum absolute atomic E-state index is 10.4. The summed E-state index contributed by atoms with van der Waals surface area (Å²) >= 11 is 5.48. The van der Waals surface area contributed by atoms with E-state index in [1.165, 1.54) is 12.3 Å². The van der Waals surface area contributed by atoms with Gasteiger partial charge in [0.2, 0.25) is 0 Å². The van der Waals surface area contributed by atoms with E-state index in [9.17, 15) is 10.1 Å². The molecule has 0 saturated heterocycles. The molecule has 0 fully saturated rings. The third-order valence-electron chi connectivity index (χ3n) is 1.71. The molecular weight excluding hydrogens is 194 g/mol. The largest absolute Gasteiger partial charge is 0.462 e. The van der Waals surface area contributed by atoms with Gasteiger partial charge in [0.25, 0.3) is 0 Å². The van der Waals surface area contributed by atoms with Crippen molar-refractivity contribution in [3.05, 3.63) is 28.2 Å². The molecule has 0 saturated carbocycles. The zero-order valence-corrected chi connectivity index (χ0v) is 7.79. The summed E-state index contributed by atoms with van der Waals surface area (Å²) in [5, 5.41) is 10.4. The van der Waals surface area contributed by atoms with Crippen LogP contribution in [0.1, 0.15) is 18.6 Å². The summed E-state index contributed by atoms with van der Waals surface area (Å²) in [7, 11) is 0. The van der Waals surface area contributed by atoms with Crippen molar-refractivity contribution in [2.24, 2.45) is 0 Å². The maximum atomic E-state index is 10.4. The molecule has 1 aromatic rings. The minimum Gasteiger partial charge on any atom is -0.462 e. The quantitative estimate of drug-likeness (QED) is 0.320. The average molecular weight is 204 g/mol. The summed E-state index contributed by atoms with van der Waals surface area (Å²) in [6, 6.07) is 1.37. The summed E-state index contributed by atoms with van der Waals surface area (Å²) in [5.41, 5.74) is 0.0644. The molecule has 0 unspecified atom stereocenters. The van der Waals surface area contributed by atoms with Crippen molar-refractivity contribution >= 4 is 17.3 Å². The van der Waals surface area contributed by atoms with Gasteiger partial charge < -0.3 is 4.42 Å². The Bertz CT molecular complexity index is 285. The fourth-order valence-corrected chi connectivity index (χ4v) is 1.25. The van der Waals surface area contributed by atoms with Gasteiger partial charge in [-0.15, -0.1) is 11.6 Å². The molecule has 0 aliphatic rings. The molecule has 5 heteroatoms. The first-order chi connectivity index (χ1) is 6.25. The number of nitro groups is 1. The molecule has 1 rings (SSSR count). The van der Waals surface area contributed by atoms with Crippen LogP contribution in [0.5, 0.6) is 0 Å². The van der Waals surface area contributed by atoms with Gasteiger partial charge in [-0.1, -0.05) is 0 Å². The zero-order chi connectivity index (χ0) is 9.68. The van der Waals surface area contributed by atoms with E-state index in [1.54, 1.807) is 0 Å². The first kappa shape index (κ1) is 10.1. The lowest BCUT2D eigenvalue weighted by atomic mass is 10.2. The van der Waals surface area contributed by atoms with Crippen molar-refractivity contribution in [2.75, 3.05) is 5.88 Å². The van der Waals surface area contributed by atoms with Crippen LogP contribution in [0.3, 0.4) is 0 Å². The number of hydrogen-bond donors (Lipinski definition) is 0. The number of halogens is 1. The third-order valence-corrected chi connectivity index (χ3v) is 1.97. The highest BCUT2D eigenvalue weighted by atomic mass is 35.5. The molecule has 0 atom stereocenters. The predicted octanol–water partition coefficient (Wildman–Crippen LogP) is 2.75. The van der Waals surface area contributed by atoms with Gasteiger partial charge in [-0.25, -0.2) is 0 Å². The smallest absolute Gasteiger partial charge is 0.310 e. The molecule has 72 valence electrons. The third kappa shape index (κ3) is 2.73. The van der Waals surface area contributed by atoms with Crippen LogP contribution in [0, 0.1) is 10.1 Å². The SMILES string of the molecule is O=[N+]([O-])c1ccoc1CCCCCl. The number of aryl methyl sites for hydroxylation is 1. The lowest BCUT2D eigenvalue weighted by Crippen LogP contribution is -1.92. The standard InChI is InChI=1S/C8H10ClNO3/c9-5-2-1-3-8-7(10(11)12)4-6-13-8/h4,6H,1-3,5H2. The van der Waals surface area contributed by atoms with E-state index in [-0.39, 0.29) is 5.69 Å². The lowest BCUT2D eigenvalue weighted by Gasteiger charge is -1.94. The van der Waals surface area contributed by atoms with Gasteiger partial charge in [-0.2, -0.15) is 0 Å². The van der Waals surface area contributed by atoms with Crippen molar-refractivity contribution in [1.29, 1.82) is 0 Å². The summed E-state index contributed by atoms with van der Waals surface area (Å²) in [5.74, 6) is 1.02. The minimum atomic E-state index is -0.431. The Morgan fingerprint density at radius 1 is 1.54 bits per heavy atom.